The third kappa shape index (κ3) is 3.56. The molecule has 19 heavy (non-hydrogen) atoms. The highest BCUT2D eigenvalue weighted by Gasteiger charge is 2.25. The first-order chi connectivity index (χ1) is 9.20. The molecule has 0 aliphatic carbocycles. The number of carboxylic acids is 1. The first-order valence-corrected chi connectivity index (χ1v) is 6.75. The Hall–Kier alpha value is -1.85. The van der Waals surface area contributed by atoms with E-state index in [1.165, 1.54) is 0 Å². The SMILES string of the molecule is CCCNc1nccc(N2CCC(C(=O)O)CC2)n1. The molecular formula is C13H20N4O2. The Labute approximate surface area is 112 Å². The highest BCUT2D eigenvalue weighted by molar-refractivity contribution is 5.70. The molecule has 0 saturated carbocycles. The van der Waals surface area contributed by atoms with Crippen molar-refractivity contribution in [2.75, 3.05) is 29.9 Å². The van der Waals surface area contributed by atoms with E-state index in [1.807, 2.05) is 6.07 Å². The van der Waals surface area contributed by atoms with Crippen LogP contribution in [-0.4, -0.2) is 40.7 Å². The average Bonchev–Trinajstić information content (AvgIpc) is 2.45. The normalized spacial score (nSPS) is 16.4. The van der Waals surface area contributed by atoms with E-state index in [0.717, 1.165) is 31.9 Å². The first kappa shape index (κ1) is 13.6. The van der Waals surface area contributed by atoms with Gasteiger partial charge in [0.15, 0.2) is 0 Å². The van der Waals surface area contributed by atoms with E-state index in [1.54, 1.807) is 6.20 Å². The molecule has 2 heterocycles. The van der Waals surface area contributed by atoms with Gasteiger partial charge in [-0.2, -0.15) is 4.98 Å². The summed E-state index contributed by atoms with van der Waals surface area (Å²) in [6.45, 7) is 4.42. The van der Waals surface area contributed by atoms with Gasteiger partial charge in [0.1, 0.15) is 5.82 Å². The molecule has 2 N–H and O–H groups in total. The number of piperidine rings is 1. The lowest BCUT2D eigenvalue weighted by Crippen LogP contribution is -2.36. The number of aromatic nitrogens is 2. The number of nitrogens with zero attached hydrogens (tertiary/aromatic N) is 3. The number of anilines is 2. The molecular weight excluding hydrogens is 244 g/mol. The lowest BCUT2D eigenvalue weighted by atomic mass is 9.97. The number of aliphatic carboxylic acids is 1. The van der Waals surface area contributed by atoms with Crippen LogP contribution in [0.15, 0.2) is 12.3 Å². The van der Waals surface area contributed by atoms with Crippen LogP contribution in [0.5, 0.6) is 0 Å². The molecule has 0 bridgehead atoms. The summed E-state index contributed by atoms with van der Waals surface area (Å²) in [4.78, 5) is 21.7. The van der Waals surface area contributed by atoms with Crippen LogP contribution >= 0.6 is 0 Å². The van der Waals surface area contributed by atoms with Crippen LogP contribution < -0.4 is 10.2 Å². The third-order valence-corrected chi connectivity index (χ3v) is 3.34. The fourth-order valence-corrected chi connectivity index (χ4v) is 2.20. The summed E-state index contributed by atoms with van der Waals surface area (Å²) in [5, 5.41) is 12.1. The van der Waals surface area contributed by atoms with Gasteiger partial charge < -0.3 is 15.3 Å². The van der Waals surface area contributed by atoms with Crippen molar-refractivity contribution >= 4 is 17.7 Å². The highest BCUT2D eigenvalue weighted by atomic mass is 16.4. The Balaban J connectivity index is 1.97. The number of hydrogen-bond acceptors (Lipinski definition) is 5. The fraction of sp³-hybridized carbons (Fsp3) is 0.615. The van der Waals surface area contributed by atoms with E-state index >= 15 is 0 Å². The van der Waals surface area contributed by atoms with Gasteiger partial charge in [0.05, 0.1) is 5.92 Å². The van der Waals surface area contributed by atoms with E-state index < -0.39 is 5.97 Å². The van der Waals surface area contributed by atoms with Crippen molar-refractivity contribution < 1.29 is 9.90 Å². The second kappa shape index (κ2) is 6.36. The summed E-state index contributed by atoms with van der Waals surface area (Å²) in [5.41, 5.74) is 0. The minimum absolute atomic E-state index is 0.212. The number of rotatable bonds is 5. The molecule has 1 aliphatic heterocycles. The van der Waals surface area contributed by atoms with Crippen molar-refractivity contribution in [1.29, 1.82) is 0 Å². The Morgan fingerprint density at radius 1 is 1.53 bits per heavy atom. The maximum Gasteiger partial charge on any atom is 0.306 e. The van der Waals surface area contributed by atoms with Gasteiger partial charge in [0.2, 0.25) is 5.95 Å². The van der Waals surface area contributed by atoms with Gasteiger partial charge >= 0.3 is 5.97 Å². The van der Waals surface area contributed by atoms with Crippen LogP contribution in [0.3, 0.4) is 0 Å². The summed E-state index contributed by atoms with van der Waals surface area (Å²) in [5.74, 6) is 0.612. The summed E-state index contributed by atoms with van der Waals surface area (Å²) >= 11 is 0. The van der Waals surface area contributed by atoms with Gasteiger partial charge in [-0.3, -0.25) is 4.79 Å². The van der Waals surface area contributed by atoms with Crippen LogP contribution in [-0.2, 0) is 4.79 Å². The Morgan fingerprint density at radius 3 is 2.89 bits per heavy atom. The van der Waals surface area contributed by atoms with E-state index in [2.05, 4.69) is 27.1 Å². The van der Waals surface area contributed by atoms with Crippen LogP contribution in [0.2, 0.25) is 0 Å². The number of nitrogens with one attached hydrogen (secondary N) is 1. The van der Waals surface area contributed by atoms with Crippen LogP contribution in [0, 0.1) is 5.92 Å². The number of carbonyl (C=O) groups is 1. The molecule has 0 radical (unpaired) electrons. The fourth-order valence-electron chi connectivity index (χ4n) is 2.20. The van der Waals surface area contributed by atoms with E-state index in [9.17, 15) is 4.79 Å². The van der Waals surface area contributed by atoms with Gasteiger partial charge in [0.25, 0.3) is 0 Å². The van der Waals surface area contributed by atoms with Crippen LogP contribution in [0.1, 0.15) is 26.2 Å². The van der Waals surface area contributed by atoms with Crippen molar-refractivity contribution in [3.63, 3.8) is 0 Å². The molecule has 1 aromatic heterocycles. The van der Waals surface area contributed by atoms with E-state index in [4.69, 9.17) is 5.11 Å². The molecule has 0 spiro atoms. The molecule has 1 aromatic rings. The maximum absolute atomic E-state index is 10.9. The monoisotopic (exact) mass is 264 g/mol. The summed E-state index contributed by atoms with van der Waals surface area (Å²) in [7, 11) is 0. The van der Waals surface area contributed by atoms with E-state index in [-0.39, 0.29) is 5.92 Å². The average molecular weight is 264 g/mol. The predicted octanol–water partition coefficient (Wildman–Crippen LogP) is 1.60. The van der Waals surface area contributed by atoms with Crippen molar-refractivity contribution in [3.8, 4) is 0 Å². The Bertz CT molecular complexity index is 430. The molecule has 6 nitrogen and oxygen atoms in total. The zero-order valence-electron chi connectivity index (χ0n) is 11.2. The third-order valence-electron chi connectivity index (χ3n) is 3.34. The van der Waals surface area contributed by atoms with Crippen molar-refractivity contribution in [2.45, 2.75) is 26.2 Å². The van der Waals surface area contributed by atoms with Gasteiger partial charge in [-0.25, -0.2) is 4.98 Å². The Kier molecular flexibility index (Phi) is 4.54. The smallest absolute Gasteiger partial charge is 0.306 e. The lowest BCUT2D eigenvalue weighted by molar-refractivity contribution is -0.142. The standard InChI is InChI=1S/C13H20N4O2/c1-2-6-14-13-15-7-3-11(16-13)17-8-4-10(5-9-17)12(18)19/h3,7,10H,2,4-6,8-9H2,1H3,(H,18,19)(H,14,15,16). The van der Waals surface area contributed by atoms with Gasteiger partial charge in [-0.15, -0.1) is 0 Å². The molecule has 104 valence electrons. The topological polar surface area (TPSA) is 78.4 Å². The second-order valence-electron chi connectivity index (χ2n) is 4.76. The molecule has 0 aromatic carbocycles. The van der Waals surface area contributed by atoms with Crippen molar-refractivity contribution in [2.24, 2.45) is 5.92 Å². The van der Waals surface area contributed by atoms with Gasteiger partial charge in [-0.05, 0) is 25.3 Å². The Morgan fingerprint density at radius 2 is 2.26 bits per heavy atom. The molecule has 1 saturated heterocycles. The van der Waals surface area contributed by atoms with Gasteiger partial charge in [0, 0.05) is 25.8 Å². The molecule has 1 fully saturated rings. The van der Waals surface area contributed by atoms with Crippen LogP contribution in [0.25, 0.3) is 0 Å². The molecule has 1 aliphatic rings. The minimum atomic E-state index is -0.687. The zero-order chi connectivity index (χ0) is 13.7. The second-order valence-corrected chi connectivity index (χ2v) is 4.76. The predicted molar refractivity (Wildman–Crippen MR) is 73.4 cm³/mol. The molecule has 0 amide bonds. The van der Waals surface area contributed by atoms with Crippen molar-refractivity contribution in [3.05, 3.63) is 12.3 Å². The maximum atomic E-state index is 10.9. The number of hydrogen-bond donors (Lipinski definition) is 2. The minimum Gasteiger partial charge on any atom is -0.481 e. The molecule has 2 rings (SSSR count). The van der Waals surface area contributed by atoms with Crippen LogP contribution in [0.4, 0.5) is 11.8 Å². The molecule has 0 unspecified atom stereocenters. The van der Waals surface area contributed by atoms with Crippen molar-refractivity contribution in [1.82, 2.24) is 9.97 Å². The lowest BCUT2D eigenvalue weighted by Gasteiger charge is -2.31. The molecule has 6 heteroatoms. The zero-order valence-corrected chi connectivity index (χ0v) is 11.2. The number of carboxylic acid groups (broad SMARTS) is 1. The summed E-state index contributed by atoms with van der Waals surface area (Å²) in [6.07, 6.45) is 4.12. The van der Waals surface area contributed by atoms with Gasteiger partial charge in [-0.1, -0.05) is 6.92 Å². The highest BCUT2D eigenvalue weighted by Crippen LogP contribution is 2.22. The quantitative estimate of drug-likeness (QED) is 0.841. The molecule has 0 atom stereocenters. The van der Waals surface area contributed by atoms with E-state index in [0.29, 0.717) is 18.8 Å². The largest absolute Gasteiger partial charge is 0.481 e. The first-order valence-electron chi connectivity index (χ1n) is 6.75. The summed E-state index contributed by atoms with van der Waals surface area (Å²) in [6, 6.07) is 1.87. The summed E-state index contributed by atoms with van der Waals surface area (Å²) < 4.78 is 0.